The summed E-state index contributed by atoms with van der Waals surface area (Å²) in [5.74, 6) is -0.536. The van der Waals surface area contributed by atoms with Crippen molar-refractivity contribution in [3.8, 4) is 5.75 Å². The highest BCUT2D eigenvalue weighted by Gasteiger charge is 2.36. The summed E-state index contributed by atoms with van der Waals surface area (Å²) in [6.45, 7) is 0.909. The molecule has 0 spiro atoms. The summed E-state index contributed by atoms with van der Waals surface area (Å²) in [6.07, 6.45) is 0.903. The Kier molecular flexibility index (Phi) is 4.80. The molecule has 0 aliphatic carbocycles. The third-order valence-corrected chi connectivity index (χ3v) is 3.67. The molecule has 0 atom stereocenters. The number of aliphatic carboxylic acids is 1. The summed E-state index contributed by atoms with van der Waals surface area (Å²) in [4.78, 5) is 23.4. The maximum absolute atomic E-state index is 12.3. The lowest BCUT2D eigenvalue weighted by atomic mass is 9.86. The summed E-state index contributed by atoms with van der Waals surface area (Å²) in [5, 5.41) is 12.0. The molecule has 0 unspecified atom stereocenters. The van der Waals surface area contributed by atoms with Gasteiger partial charge in [0.15, 0.2) is 0 Å². The van der Waals surface area contributed by atoms with Gasteiger partial charge in [-0.3, -0.25) is 9.59 Å². The molecule has 21 heavy (non-hydrogen) atoms. The molecule has 0 saturated carbocycles. The number of carbonyl (C=O) groups is 2. The van der Waals surface area contributed by atoms with E-state index in [0.29, 0.717) is 37.4 Å². The minimum atomic E-state index is -0.924. The molecule has 1 aromatic carbocycles. The topological polar surface area (TPSA) is 84.9 Å². The van der Waals surface area contributed by atoms with Gasteiger partial charge in [0.25, 0.3) is 5.91 Å². The fourth-order valence-electron chi connectivity index (χ4n) is 2.45. The second kappa shape index (κ2) is 6.58. The van der Waals surface area contributed by atoms with Crippen molar-refractivity contribution in [2.45, 2.75) is 24.8 Å². The molecule has 6 heteroatoms. The number of nitrogens with one attached hydrogen (secondary N) is 1. The molecule has 1 fully saturated rings. The highest BCUT2D eigenvalue weighted by molar-refractivity contribution is 5.95. The van der Waals surface area contributed by atoms with Gasteiger partial charge in [0, 0.05) is 18.8 Å². The number of rotatable bonds is 5. The van der Waals surface area contributed by atoms with Crippen LogP contribution in [0.25, 0.3) is 0 Å². The first kappa shape index (κ1) is 15.3. The Morgan fingerprint density at radius 3 is 2.43 bits per heavy atom. The molecule has 1 aliphatic heterocycles. The Morgan fingerprint density at radius 2 is 1.90 bits per heavy atom. The van der Waals surface area contributed by atoms with Crippen molar-refractivity contribution < 1.29 is 24.2 Å². The van der Waals surface area contributed by atoms with Crippen LogP contribution in [0.2, 0.25) is 0 Å². The Morgan fingerprint density at radius 1 is 1.29 bits per heavy atom. The van der Waals surface area contributed by atoms with Crippen molar-refractivity contribution in [1.82, 2.24) is 5.32 Å². The maximum Gasteiger partial charge on any atom is 0.305 e. The number of amides is 1. The van der Waals surface area contributed by atoms with Crippen LogP contribution in [0.4, 0.5) is 0 Å². The van der Waals surface area contributed by atoms with Crippen LogP contribution in [0, 0.1) is 0 Å². The van der Waals surface area contributed by atoms with Crippen molar-refractivity contribution in [2.75, 3.05) is 20.3 Å². The third-order valence-electron chi connectivity index (χ3n) is 3.67. The van der Waals surface area contributed by atoms with Gasteiger partial charge in [-0.05, 0) is 37.1 Å². The van der Waals surface area contributed by atoms with E-state index in [0.717, 1.165) is 0 Å². The Balaban J connectivity index is 2.11. The van der Waals surface area contributed by atoms with Crippen molar-refractivity contribution in [3.05, 3.63) is 29.8 Å². The molecule has 1 aliphatic rings. The Bertz CT molecular complexity index is 505. The van der Waals surface area contributed by atoms with Crippen molar-refractivity contribution in [1.29, 1.82) is 0 Å². The van der Waals surface area contributed by atoms with Crippen LogP contribution < -0.4 is 10.1 Å². The van der Waals surface area contributed by atoms with Crippen LogP contribution in [-0.4, -0.2) is 42.8 Å². The number of carbonyl (C=O) groups excluding carboxylic acids is 1. The van der Waals surface area contributed by atoms with Crippen LogP contribution in [0.3, 0.4) is 0 Å². The zero-order chi connectivity index (χ0) is 15.3. The first-order chi connectivity index (χ1) is 10.0. The van der Waals surface area contributed by atoms with E-state index in [-0.39, 0.29) is 12.3 Å². The number of hydrogen-bond acceptors (Lipinski definition) is 4. The largest absolute Gasteiger partial charge is 0.497 e. The van der Waals surface area contributed by atoms with E-state index in [9.17, 15) is 9.59 Å². The number of carboxylic acids is 1. The predicted octanol–water partition coefficient (Wildman–Crippen LogP) is 1.45. The minimum Gasteiger partial charge on any atom is -0.497 e. The highest BCUT2D eigenvalue weighted by atomic mass is 16.5. The van der Waals surface area contributed by atoms with Crippen LogP contribution in [0.5, 0.6) is 5.75 Å². The van der Waals surface area contributed by atoms with E-state index in [4.69, 9.17) is 14.6 Å². The Hall–Kier alpha value is -2.08. The van der Waals surface area contributed by atoms with Crippen LogP contribution in [0.15, 0.2) is 24.3 Å². The molecular formula is C15H19NO5. The predicted molar refractivity (Wildman–Crippen MR) is 75.5 cm³/mol. The van der Waals surface area contributed by atoms with Gasteiger partial charge in [-0.25, -0.2) is 0 Å². The molecule has 1 aromatic rings. The normalized spacial score (nSPS) is 17.0. The van der Waals surface area contributed by atoms with Gasteiger partial charge in [-0.2, -0.15) is 0 Å². The number of hydrogen-bond donors (Lipinski definition) is 2. The second-order valence-corrected chi connectivity index (χ2v) is 5.15. The molecule has 1 saturated heterocycles. The first-order valence-corrected chi connectivity index (χ1v) is 6.81. The van der Waals surface area contributed by atoms with Gasteiger partial charge in [-0.15, -0.1) is 0 Å². The molecule has 114 valence electrons. The lowest BCUT2D eigenvalue weighted by Crippen LogP contribution is -2.53. The van der Waals surface area contributed by atoms with Gasteiger partial charge in [0.05, 0.1) is 19.1 Å². The summed E-state index contributed by atoms with van der Waals surface area (Å²) < 4.78 is 10.3. The van der Waals surface area contributed by atoms with Gasteiger partial charge in [-0.1, -0.05) is 0 Å². The molecule has 2 rings (SSSR count). The number of methoxy groups -OCH3 is 1. The van der Waals surface area contributed by atoms with Crippen LogP contribution >= 0.6 is 0 Å². The molecular weight excluding hydrogens is 274 g/mol. The Labute approximate surface area is 123 Å². The standard InChI is InChI=1S/C15H19NO5/c1-20-12-4-2-11(3-5-12)14(19)16-15(10-13(17)18)6-8-21-9-7-15/h2-5H,6-10H2,1H3,(H,16,19)(H,17,18). The third kappa shape index (κ3) is 3.95. The number of carboxylic acid groups (broad SMARTS) is 1. The average molecular weight is 293 g/mol. The van der Waals surface area contributed by atoms with Gasteiger partial charge in [0.1, 0.15) is 5.75 Å². The quantitative estimate of drug-likeness (QED) is 0.858. The molecule has 0 bridgehead atoms. The minimum absolute atomic E-state index is 0.0990. The smallest absolute Gasteiger partial charge is 0.305 e. The first-order valence-electron chi connectivity index (χ1n) is 6.81. The number of ether oxygens (including phenoxy) is 2. The SMILES string of the molecule is COc1ccc(C(=O)NC2(CC(=O)O)CCOCC2)cc1. The summed E-state index contributed by atoms with van der Waals surface area (Å²) in [6, 6.07) is 6.70. The average Bonchev–Trinajstić information content (AvgIpc) is 2.47. The summed E-state index contributed by atoms with van der Waals surface area (Å²) >= 11 is 0. The lowest BCUT2D eigenvalue weighted by Gasteiger charge is -2.36. The van der Waals surface area contributed by atoms with E-state index in [2.05, 4.69) is 5.32 Å². The maximum atomic E-state index is 12.3. The summed E-state index contributed by atoms with van der Waals surface area (Å²) in [7, 11) is 1.55. The van der Waals surface area contributed by atoms with Crippen molar-refractivity contribution in [2.24, 2.45) is 0 Å². The summed E-state index contributed by atoms with van der Waals surface area (Å²) in [5.41, 5.74) is -0.256. The van der Waals surface area contributed by atoms with Gasteiger partial charge in [0.2, 0.25) is 0 Å². The van der Waals surface area contributed by atoms with E-state index < -0.39 is 11.5 Å². The molecule has 0 aromatic heterocycles. The fraction of sp³-hybridized carbons (Fsp3) is 0.467. The van der Waals surface area contributed by atoms with Crippen LogP contribution in [0.1, 0.15) is 29.6 Å². The zero-order valence-corrected chi connectivity index (χ0v) is 11.9. The molecule has 1 amide bonds. The fourth-order valence-corrected chi connectivity index (χ4v) is 2.45. The zero-order valence-electron chi connectivity index (χ0n) is 11.9. The second-order valence-electron chi connectivity index (χ2n) is 5.15. The number of benzene rings is 1. The lowest BCUT2D eigenvalue weighted by molar-refractivity contribution is -0.139. The van der Waals surface area contributed by atoms with E-state index in [1.807, 2.05) is 0 Å². The van der Waals surface area contributed by atoms with Crippen molar-refractivity contribution in [3.63, 3.8) is 0 Å². The van der Waals surface area contributed by atoms with E-state index in [1.165, 1.54) is 0 Å². The van der Waals surface area contributed by atoms with Crippen molar-refractivity contribution >= 4 is 11.9 Å². The highest BCUT2D eigenvalue weighted by Crippen LogP contribution is 2.25. The van der Waals surface area contributed by atoms with E-state index >= 15 is 0 Å². The molecule has 0 radical (unpaired) electrons. The van der Waals surface area contributed by atoms with Crippen LogP contribution in [-0.2, 0) is 9.53 Å². The molecule has 6 nitrogen and oxygen atoms in total. The van der Waals surface area contributed by atoms with E-state index in [1.54, 1.807) is 31.4 Å². The monoisotopic (exact) mass is 293 g/mol. The van der Waals surface area contributed by atoms with Gasteiger partial charge < -0.3 is 19.9 Å². The molecule has 1 heterocycles. The molecule has 2 N–H and O–H groups in total. The van der Waals surface area contributed by atoms with Gasteiger partial charge >= 0.3 is 5.97 Å².